The van der Waals surface area contributed by atoms with Crippen LogP contribution in [0.1, 0.15) is 61.3 Å². The van der Waals surface area contributed by atoms with E-state index in [4.69, 9.17) is 37.9 Å². The molecular formula is C32H35NO10. The van der Waals surface area contributed by atoms with Gasteiger partial charge in [0.1, 0.15) is 6.10 Å². The number of methoxy groups -OCH3 is 1. The Morgan fingerprint density at radius 1 is 1.00 bits per heavy atom. The SMILES string of the molecule is COc1cc([C@@H]2c3cc4c(cc3[C@H](OC(C)=O)[C@H]3COC(=O)[C@H]23)OCO4)cc2c1OC1(N3CCOCC3)CCCCC1O2. The fourth-order valence-electron chi connectivity index (χ4n) is 8.02. The molecule has 2 aliphatic carbocycles. The number of hydrogen-bond donors (Lipinski definition) is 0. The molecule has 2 unspecified atom stereocenters. The number of carbonyl (C=O) groups excluding carboxylic acids is 2. The Kier molecular flexibility index (Phi) is 6.38. The molecule has 0 aromatic heterocycles. The van der Waals surface area contributed by atoms with Gasteiger partial charge in [0.25, 0.3) is 0 Å². The van der Waals surface area contributed by atoms with E-state index in [-0.39, 0.29) is 31.4 Å². The minimum atomic E-state index is -0.662. The Labute approximate surface area is 249 Å². The smallest absolute Gasteiger partial charge is 0.310 e. The second-order valence-corrected chi connectivity index (χ2v) is 12.1. The summed E-state index contributed by atoms with van der Waals surface area (Å²) in [5, 5.41) is 0. The maximum absolute atomic E-state index is 13.4. The Morgan fingerprint density at radius 3 is 2.56 bits per heavy atom. The lowest BCUT2D eigenvalue weighted by Gasteiger charge is -2.53. The van der Waals surface area contributed by atoms with Gasteiger partial charge >= 0.3 is 11.9 Å². The van der Waals surface area contributed by atoms with Crippen LogP contribution in [0.15, 0.2) is 24.3 Å². The zero-order valence-electron chi connectivity index (χ0n) is 24.3. The third-order valence-electron chi connectivity index (χ3n) is 9.88. The predicted octanol–water partition coefficient (Wildman–Crippen LogP) is 3.71. The fourth-order valence-corrected chi connectivity index (χ4v) is 8.02. The molecular weight excluding hydrogens is 558 g/mol. The number of cyclic esters (lactones) is 1. The largest absolute Gasteiger partial charge is 0.493 e. The minimum Gasteiger partial charge on any atom is -0.493 e. The zero-order valence-corrected chi connectivity index (χ0v) is 24.3. The van der Waals surface area contributed by atoms with Crippen molar-refractivity contribution in [1.29, 1.82) is 0 Å². The Balaban J connectivity index is 1.26. The van der Waals surface area contributed by atoms with Crippen molar-refractivity contribution in [2.75, 3.05) is 46.8 Å². The van der Waals surface area contributed by atoms with Crippen LogP contribution in [0.2, 0.25) is 0 Å². The van der Waals surface area contributed by atoms with Crippen LogP contribution in [0.3, 0.4) is 0 Å². The number of morpholine rings is 1. The van der Waals surface area contributed by atoms with Crippen LogP contribution in [0.25, 0.3) is 0 Å². The van der Waals surface area contributed by atoms with E-state index in [2.05, 4.69) is 4.90 Å². The summed E-state index contributed by atoms with van der Waals surface area (Å²) in [4.78, 5) is 28.0. The highest BCUT2D eigenvalue weighted by Gasteiger charge is 2.56. The molecule has 0 N–H and O–H groups in total. The molecule has 8 rings (SSSR count). The van der Waals surface area contributed by atoms with Crippen molar-refractivity contribution in [3.63, 3.8) is 0 Å². The first-order chi connectivity index (χ1) is 21.0. The highest BCUT2D eigenvalue weighted by Crippen LogP contribution is 2.58. The highest BCUT2D eigenvalue weighted by atomic mass is 16.7. The number of rotatable bonds is 4. The molecule has 2 aromatic rings. The van der Waals surface area contributed by atoms with Crippen molar-refractivity contribution in [3.05, 3.63) is 41.0 Å². The monoisotopic (exact) mass is 593 g/mol. The molecule has 228 valence electrons. The van der Waals surface area contributed by atoms with Crippen molar-refractivity contribution in [2.45, 2.75) is 56.5 Å². The van der Waals surface area contributed by atoms with E-state index in [0.717, 1.165) is 55.5 Å². The summed E-state index contributed by atoms with van der Waals surface area (Å²) in [6, 6.07) is 7.68. The van der Waals surface area contributed by atoms with Crippen LogP contribution in [0.4, 0.5) is 0 Å². The van der Waals surface area contributed by atoms with Gasteiger partial charge in [-0.1, -0.05) is 0 Å². The van der Waals surface area contributed by atoms with Gasteiger partial charge in [0.2, 0.25) is 18.3 Å². The first-order valence-electron chi connectivity index (χ1n) is 15.1. The van der Waals surface area contributed by atoms with Crippen molar-refractivity contribution in [2.24, 2.45) is 11.8 Å². The predicted molar refractivity (Wildman–Crippen MR) is 148 cm³/mol. The summed E-state index contributed by atoms with van der Waals surface area (Å²) in [5.41, 5.74) is 1.83. The minimum absolute atomic E-state index is 0.0974. The lowest BCUT2D eigenvalue weighted by Crippen LogP contribution is -2.67. The molecule has 0 amide bonds. The topological polar surface area (TPSA) is 111 Å². The van der Waals surface area contributed by atoms with Crippen molar-refractivity contribution in [1.82, 2.24) is 4.90 Å². The molecule has 3 fully saturated rings. The Morgan fingerprint density at radius 2 is 1.79 bits per heavy atom. The van der Waals surface area contributed by atoms with Crippen molar-refractivity contribution >= 4 is 11.9 Å². The molecule has 11 heteroatoms. The Hall–Kier alpha value is -3.70. The fraction of sp³-hybridized carbons (Fsp3) is 0.562. The van der Waals surface area contributed by atoms with E-state index in [1.54, 1.807) is 7.11 Å². The van der Waals surface area contributed by atoms with Crippen LogP contribution in [-0.4, -0.2) is 75.5 Å². The van der Waals surface area contributed by atoms with Gasteiger partial charge < -0.3 is 37.9 Å². The van der Waals surface area contributed by atoms with E-state index in [0.29, 0.717) is 42.0 Å². The first kappa shape index (κ1) is 26.9. The average Bonchev–Trinajstić information content (AvgIpc) is 3.65. The number of ether oxygens (including phenoxy) is 8. The van der Waals surface area contributed by atoms with Crippen LogP contribution in [-0.2, 0) is 23.8 Å². The lowest BCUT2D eigenvalue weighted by molar-refractivity contribution is -0.203. The molecule has 2 aromatic carbocycles. The standard InChI is InChI=1S/C32H35NO10/c1-17(34)41-29-20-14-23-22(39-16-40-23)13-19(20)27(28-21(29)15-38-31(28)35)18-11-24(36-2)30-25(12-18)42-26-5-3-4-6-32(26,43-30)33-7-9-37-10-8-33/h11-14,21,26-29H,3-10,15-16H2,1-2H3/t21-,26?,27+,28-,29-,32?/m0/s1. The van der Waals surface area contributed by atoms with E-state index in [1.165, 1.54) is 6.92 Å². The number of hydrogen-bond acceptors (Lipinski definition) is 11. The van der Waals surface area contributed by atoms with Gasteiger partial charge in [-0.3, -0.25) is 14.5 Å². The molecule has 6 atom stereocenters. The third kappa shape index (κ3) is 4.15. The Bertz CT molecular complexity index is 1470. The van der Waals surface area contributed by atoms with E-state index < -0.39 is 29.6 Å². The first-order valence-corrected chi connectivity index (χ1v) is 15.1. The van der Waals surface area contributed by atoms with Crippen molar-refractivity contribution < 1.29 is 47.5 Å². The van der Waals surface area contributed by atoms with Gasteiger partial charge in [-0.25, -0.2) is 0 Å². The summed E-state index contributed by atoms with van der Waals surface area (Å²) in [5.74, 6) is 0.705. The molecule has 6 aliphatic rings. The number of fused-ring (bicyclic) bond motifs is 5. The van der Waals surface area contributed by atoms with Gasteiger partial charge in [0, 0.05) is 43.8 Å². The number of carbonyl (C=O) groups is 2. The van der Waals surface area contributed by atoms with Crippen LogP contribution < -0.4 is 23.7 Å². The maximum Gasteiger partial charge on any atom is 0.310 e. The molecule has 4 heterocycles. The molecule has 0 bridgehead atoms. The molecule has 4 aliphatic heterocycles. The number of benzene rings is 2. The quantitative estimate of drug-likeness (QED) is 0.484. The van der Waals surface area contributed by atoms with Crippen molar-refractivity contribution in [3.8, 4) is 28.7 Å². The van der Waals surface area contributed by atoms with E-state index in [9.17, 15) is 9.59 Å². The maximum atomic E-state index is 13.4. The summed E-state index contributed by atoms with van der Waals surface area (Å²) < 4.78 is 48.3. The summed E-state index contributed by atoms with van der Waals surface area (Å²) >= 11 is 0. The van der Waals surface area contributed by atoms with Crippen LogP contribution in [0, 0.1) is 11.8 Å². The molecule has 43 heavy (non-hydrogen) atoms. The number of esters is 2. The van der Waals surface area contributed by atoms with Crippen LogP contribution in [0.5, 0.6) is 28.7 Å². The van der Waals surface area contributed by atoms with E-state index in [1.807, 2.05) is 24.3 Å². The van der Waals surface area contributed by atoms with E-state index >= 15 is 0 Å². The lowest BCUT2D eigenvalue weighted by atomic mass is 9.66. The molecule has 0 spiro atoms. The van der Waals surface area contributed by atoms with Gasteiger partial charge in [-0.2, -0.15) is 0 Å². The van der Waals surface area contributed by atoms with Gasteiger partial charge in [0.05, 0.1) is 32.8 Å². The summed E-state index contributed by atoms with van der Waals surface area (Å²) in [7, 11) is 1.62. The summed E-state index contributed by atoms with van der Waals surface area (Å²) in [6.45, 7) is 4.50. The second kappa shape index (κ2) is 10.2. The molecule has 2 saturated heterocycles. The van der Waals surface area contributed by atoms with Gasteiger partial charge in [0.15, 0.2) is 29.1 Å². The van der Waals surface area contributed by atoms with Gasteiger partial charge in [-0.05, 0) is 54.7 Å². The molecule has 1 saturated carbocycles. The zero-order chi connectivity index (χ0) is 29.3. The normalized spacial score (nSPS) is 32.2. The molecule has 11 nitrogen and oxygen atoms in total. The third-order valence-corrected chi connectivity index (χ3v) is 9.88. The number of nitrogens with zero attached hydrogens (tertiary/aromatic N) is 1. The van der Waals surface area contributed by atoms with Crippen LogP contribution >= 0.6 is 0 Å². The average molecular weight is 594 g/mol. The van der Waals surface area contributed by atoms with Gasteiger partial charge in [-0.15, -0.1) is 0 Å². The highest BCUT2D eigenvalue weighted by molar-refractivity contribution is 5.79. The summed E-state index contributed by atoms with van der Waals surface area (Å²) in [6.07, 6.45) is 3.03. The second-order valence-electron chi connectivity index (χ2n) is 12.1. The molecule has 0 radical (unpaired) electrons.